The summed E-state index contributed by atoms with van der Waals surface area (Å²) in [5.41, 5.74) is 1.99. The van der Waals surface area contributed by atoms with Crippen molar-refractivity contribution in [2.45, 2.75) is 5.75 Å². The van der Waals surface area contributed by atoms with Crippen molar-refractivity contribution in [1.82, 2.24) is 9.97 Å². The first-order chi connectivity index (χ1) is 14.5. The quantitative estimate of drug-likeness (QED) is 0.652. The Bertz CT molecular complexity index is 1070. The van der Waals surface area contributed by atoms with Crippen LogP contribution in [0.3, 0.4) is 0 Å². The largest absolute Gasteiger partial charge is 0.368 e. The predicted molar refractivity (Wildman–Crippen MR) is 116 cm³/mol. The van der Waals surface area contributed by atoms with E-state index in [4.69, 9.17) is 0 Å². The molecule has 0 radical (unpaired) electrons. The molecule has 0 bridgehead atoms. The van der Waals surface area contributed by atoms with Crippen molar-refractivity contribution in [2.75, 3.05) is 40.7 Å². The SMILES string of the molecule is O=S(=O)(Cc1ccc(F)cc1)Nc1cnc(N2CCN(c3ccccc3)CC2)nc1. The van der Waals surface area contributed by atoms with E-state index in [1.165, 1.54) is 42.3 Å². The summed E-state index contributed by atoms with van der Waals surface area (Å²) in [6.07, 6.45) is 2.93. The fraction of sp³-hybridized carbons (Fsp3) is 0.238. The summed E-state index contributed by atoms with van der Waals surface area (Å²) >= 11 is 0. The van der Waals surface area contributed by atoms with Crippen LogP contribution in [0.25, 0.3) is 0 Å². The van der Waals surface area contributed by atoms with Gasteiger partial charge in [-0.05, 0) is 29.8 Å². The standard InChI is InChI=1S/C21H22FN5O2S/c22-18-8-6-17(7-9-18)16-30(28,29)25-19-14-23-21(24-15-19)27-12-10-26(11-13-27)20-4-2-1-3-5-20/h1-9,14-15,25H,10-13,16H2. The molecule has 30 heavy (non-hydrogen) atoms. The van der Waals surface area contributed by atoms with Gasteiger partial charge in [-0.2, -0.15) is 0 Å². The molecule has 0 unspecified atom stereocenters. The Morgan fingerprint density at radius 3 is 2.10 bits per heavy atom. The van der Waals surface area contributed by atoms with Gasteiger partial charge in [0.25, 0.3) is 0 Å². The lowest BCUT2D eigenvalue weighted by Crippen LogP contribution is -2.47. The van der Waals surface area contributed by atoms with Crippen LogP contribution in [0, 0.1) is 5.82 Å². The van der Waals surface area contributed by atoms with Crippen molar-refractivity contribution in [1.29, 1.82) is 0 Å². The lowest BCUT2D eigenvalue weighted by atomic mass is 10.2. The third-order valence-electron chi connectivity index (χ3n) is 4.87. The minimum Gasteiger partial charge on any atom is -0.368 e. The number of benzene rings is 2. The van der Waals surface area contributed by atoms with E-state index in [1.54, 1.807) is 0 Å². The van der Waals surface area contributed by atoms with Crippen LogP contribution in [0.5, 0.6) is 0 Å². The van der Waals surface area contributed by atoms with E-state index in [0.717, 1.165) is 26.2 Å². The van der Waals surface area contributed by atoms with Crippen LogP contribution in [0.1, 0.15) is 5.56 Å². The molecule has 1 saturated heterocycles. The van der Waals surface area contributed by atoms with Gasteiger partial charge in [0.1, 0.15) is 5.82 Å². The molecule has 1 aliphatic heterocycles. The zero-order valence-corrected chi connectivity index (χ0v) is 17.1. The summed E-state index contributed by atoms with van der Waals surface area (Å²) in [7, 11) is -3.65. The molecule has 1 N–H and O–H groups in total. The van der Waals surface area contributed by atoms with E-state index < -0.39 is 15.8 Å². The second-order valence-corrected chi connectivity index (χ2v) is 8.79. The Morgan fingerprint density at radius 2 is 1.47 bits per heavy atom. The Morgan fingerprint density at radius 1 is 0.867 bits per heavy atom. The van der Waals surface area contributed by atoms with Crippen molar-refractivity contribution in [3.63, 3.8) is 0 Å². The average Bonchev–Trinajstić information content (AvgIpc) is 2.76. The Kier molecular flexibility index (Phi) is 5.80. The first-order valence-electron chi connectivity index (χ1n) is 9.60. The molecule has 156 valence electrons. The van der Waals surface area contributed by atoms with Crippen LogP contribution >= 0.6 is 0 Å². The Hall–Kier alpha value is -3.20. The highest BCUT2D eigenvalue weighted by molar-refractivity contribution is 7.91. The van der Waals surface area contributed by atoms with Crippen molar-refractivity contribution in [3.05, 3.63) is 78.4 Å². The molecule has 0 spiro atoms. The number of sulfonamides is 1. The molecule has 1 aliphatic rings. The number of anilines is 3. The molecule has 9 heteroatoms. The highest BCUT2D eigenvalue weighted by atomic mass is 32.2. The van der Waals surface area contributed by atoms with Crippen LogP contribution in [0.15, 0.2) is 67.0 Å². The maximum Gasteiger partial charge on any atom is 0.237 e. The van der Waals surface area contributed by atoms with Gasteiger partial charge in [-0.25, -0.2) is 22.8 Å². The van der Waals surface area contributed by atoms with Gasteiger partial charge >= 0.3 is 0 Å². The second kappa shape index (κ2) is 8.66. The van der Waals surface area contributed by atoms with E-state index in [9.17, 15) is 12.8 Å². The molecule has 1 aromatic heterocycles. The monoisotopic (exact) mass is 427 g/mol. The summed E-state index contributed by atoms with van der Waals surface area (Å²) in [5.74, 6) is -0.0851. The number of aromatic nitrogens is 2. The molecule has 2 heterocycles. The highest BCUT2D eigenvalue weighted by Gasteiger charge is 2.19. The number of nitrogens with zero attached hydrogens (tertiary/aromatic N) is 4. The molecule has 7 nitrogen and oxygen atoms in total. The predicted octanol–water partition coefficient (Wildman–Crippen LogP) is 2.88. The van der Waals surface area contributed by atoms with Gasteiger partial charge < -0.3 is 9.80 Å². The smallest absolute Gasteiger partial charge is 0.237 e. The van der Waals surface area contributed by atoms with Gasteiger partial charge in [0.05, 0.1) is 23.8 Å². The number of hydrogen-bond acceptors (Lipinski definition) is 6. The average molecular weight is 428 g/mol. The summed E-state index contributed by atoms with van der Waals surface area (Å²) < 4.78 is 40.1. The maximum absolute atomic E-state index is 13.0. The number of piperazine rings is 1. The molecular formula is C21H22FN5O2S. The van der Waals surface area contributed by atoms with Gasteiger partial charge in [-0.3, -0.25) is 4.72 Å². The molecule has 0 atom stereocenters. The summed E-state index contributed by atoms with van der Waals surface area (Å²) in [5, 5.41) is 0. The minimum absolute atomic E-state index is 0.253. The Labute approximate surface area is 175 Å². The highest BCUT2D eigenvalue weighted by Crippen LogP contribution is 2.19. The van der Waals surface area contributed by atoms with Gasteiger partial charge in [0, 0.05) is 31.9 Å². The first kappa shape index (κ1) is 20.1. The van der Waals surface area contributed by atoms with Crippen LogP contribution in [-0.4, -0.2) is 44.6 Å². The van der Waals surface area contributed by atoms with Crippen LogP contribution in [0.2, 0.25) is 0 Å². The molecule has 2 aromatic carbocycles. The van der Waals surface area contributed by atoms with Gasteiger partial charge in [-0.1, -0.05) is 30.3 Å². The normalized spacial score (nSPS) is 14.6. The number of hydrogen-bond donors (Lipinski definition) is 1. The summed E-state index contributed by atoms with van der Waals surface area (Å²) in [6.45, 7) is 3.29. The van der Waals surface area contributed by atoms with Crippen LogP contribution in [0.4, 0.5) is 21.7 Å². The Balaban J connectivity index is 1.34. The molecule has 0 saturated carbocycles. The third-order valence-corrected chi connectivity index (χ3v) is 6.13. The molecule has 0 aliphatic carbocycles. The second-order valence-electron chi connectivity index (χ2n) is 7.07. The molecule has 3 aromatic rings. The van der Waals surface area contributed by atoms with Gasteiger partial charge in [-0.15, -0.1) is 0 Å². The maximum atomic E-state index is 13.0. The number of halogens is 1. The number of rotatable bonds is 6. The van der Waals surface area contributed by atoms with Crippen molar-refractivity contribution in [3.8, 4) is 0 Å². The summed E-state index contributed by atoms with van der Waals surface area (Å²) in [4.78, 5) is 13.0. The molecule has 4 rings (SSSR count). The lowest BCUT2D eigenvalue weighted by Gasteiger charge is -2.36. The summed E-state index contributed by atoms with van der Waals surface area (Å²) in [6, 6.07) is 15.6. The fourth-order valence-electron chi connectivity index (χ4n) is 3.36. The van der Waals surface area contributed by atoms with Crippen molar-refractivity contribution >= 4 is 27.3 Å². The van der Waals surface area contributed by atoms with Crippen LogP contribution in [-0.2, 0) is 15.8 Å². The van der Waals surface area contributed by atoms with E-state index in [2.05, 4.69) is 36.6 Å². The first-order valence-corrected chi connectivity index (χ1v) is 11.3. The fourth-order valence-corrected chi connectivity index (χ4v) is 4.52. The van der Waals surface area contributed by atoms with Gasteiger partial charge in [0.2, 0.25) is 16.0 Å². The zero-order valence-electron chi connectivity index (χ0n) is 16.3. The van der Waals surface area contributed by atoms with E-state index >= 15 is 0 Å². The zero-order chi connectivity index (χ0) is 21.0. The molecule has 1 fully saturated rings. The number of para-hydroxylation sites is 1. The van der Waals surface area contributed by atoms with E-state index in [-0.39, 0.29) is 5.75 Å². The molecule has 0 amide bonds. The third kappa shape index (κ3) is 5.04. The van der Waals surface area contributed by atoms with Crippen molar-refractivity contribution < 1.29 is 12.8 Å². The van der Waals surface area contributed by atoms with Crippen LogP contribution < -0.4 is 14.5 Å². The van der Waals surface area contributed by atoms with Crippen molar-refractivity contribution in [2.24, 2.45) is 0 Å². The number of nitrogens with one attached hydrogen (secondary N) is 1. The van der Waals surface area contributed by atoms with E-state index in [1.807, 2.05) is 18.2 Å². The topological polar surface area (TPSA) is 78.4 Å². The van der Waals surface area contributed by atoms with Gasteiger partial charge in [0.15, 0.2) is 0 Å². The van der Waals surface area contributed by atoms with E-state index in [0.29, 0.717) is 17.2 Å². The minimum atomic E-state index is -3.65. The lowest BCUT2D eigenvalue weighted by molar-refractivity contribution is 0.599. The molecular weight excluding hydrogens is 405 g/mol.